The van der Waals surface area contributed by atoms with Gasteiger partial charge in [0, 0.05) is 25.0 Å². The molecule has 1 amide bonds. The number of nitrogens with one attached hydrogen (secondary N) is 1. The summed E-state index contributed by atoms with van der Waals surface area (Å²) in [5.74, 6) is -1.89. The molecule has 0 fully saturated rings. The summed E-state index contributed by atoms with van der Waals surface area (Å²) >= 11 is 0. The summed E-state index contributed by atoms with van der Waals surface area (Å²) in [6.07, 6.45) is 1.70. The van der Waals surface area contributed by atoms with Crippen molar-refractivity contribution in [1.29, 1.82) is 0 Å². The van der Waals surface area contributed by atoms with Gasteiger partial charge in [0.25, 0.3) is 5.91 Å². The molecule has 3 aromatic rings. The van der Waals surface area contributed by atoms with Crippen molar-refractivity contribution in [2.75, 3.05) is 5.32 Å². The normalized spacial score (nSPS) is 10.7. The minimum absolute atomic E-state index is 0.167. The Labute approximate surface area is 137 Å². The van der Waals surface area contributed by atoms with Gasteiger partial charge in [-0.2, -0.15) is 5.10 Å². The van der Waals surface area contributed by atoms with E-state index in [4.69, 9.17) is 0 Å². The Balaban J connectivity index is 1.93. The van der Waals surface area contributed by atoms with Gasteiger partial charge in [0.05, 0.1) is 0 Å². The lowest BCUT2D eigenvalue weighted by atomic mass is 10.0. The first-order valence-corrected chi connectivity index (χ1v) is 7.17. The second kappa shape index (κ2) is 6.19. The van der Waals surface area contributed by atoms with Gasteiger partial charge in [-0.15, -0.1) is 0 Å². The van der Waals surface area contributed by atoms with Gasteiger partial charge in [0.1, 0.15) is 5.69 Å². The van der Waals surface area contributed by atoms with Crippen molar-refractivity contribution in [1.82, 2.24) is 14.8 Å². The van der Waals surface area contributed by atoms with Crippen molar-refractivity contribution in [2.24, 2.45) is 7.05 Å². The van der Waals surface area contributed by atoms with Crippen LogP contribution >= 0.6 is 0 Å². The molecule has 1 N–H and O–H groups in total. The van der Waals surface area contributed by atoms with Crippen LogP contribution in [0, 0.1) is 18.6 Å². The molecule has 0 unspecified atom stereocenters. The molecule has 2 aromatic heterocycles. The maximum atomic E-state index is 13.4. The highest BCUT2D eigenvalue weighted by molar-refractivity contribution is 6.03. The van der Waals surface area contributed by atoms with Gasteiger partial charge in [-0.05, 0) is 42.3 Å². The molecule has 5 nitrogen and oxygen atoms in total. The number of carbonyl (C=O) groups excluding carboxylic acids is 1. The van der Waals surface area contributed by atoms with Gasteiger partial charge < -0.3 is 5.32 Å². The third-order valence-corrected chi connectivity index (χ3v) is 3.39. The lowest BCUT2D eigenvalue weighted by molar-refractivity contribution is 0.102. The van der Waals surface area contributed by atoms with E-state index in [0.29, 0.717) is 22.6 Å². The van der Waals surface area contributed by atoms with Gasteiger partial charge >= 0.3 is 0 Å². The van der Waals surface area contributed by atoms with E-state index in [1.807, 2.05) is 0 Å². The van der Waals surface area contributed by atoms with Crippen LogP contribution in [-0.2, 0) is 7.05 Å². The number of hydrogen-bond donors (Lipinski definition) is 1. The Hall–Kier alpha value is -3.09. The topological polar surface area (TPSA) is 59.8 Å². The number of hydrogen-bond acceptors (Lipinski definition) is 3. The number of halogens is 2. The van der Waals surface area contributed by atoms with E-state index >= 15 is 0 Å². The fraction of sp³-hybridized carbons (Fsp3) is 0.118. The lowest BCUT2D eigenvalue weighted by Crippen LogP contribution is -2.15. The summed E-state index contributed by atoms with van der Waals surface area (Å²) in [5.41, 5.74) is 1.79. The number of aromatic nitrogens is 3. The predicted octanol–water partition coefficient (Wildman–Crippen LogP) is 3.32. The average Bonchev–Trinajstić information content (AvgIpc) is 2.94. The zero-order chi connectivity index (χ0) is 17.3. The molecule has 0 aliphatic heterocycles. The Morgan fingerprint density at radius 3 is 2.54 bits per heavy atom. The summed E-state index contributed by atoms with van der Waals surface area (Å²) in [6, 6.07) is 8.47. The van der Waals surface area contributed by atoms with Crippen molar-refractivity contribution >= 4 is 11.7 Å². The van der Waals surface area contributed by atoms with Crippen LogP contribution in [-0.4, -0.2) is 20.7 Å². The largest absolute Gasteiger partial charge is 0.304 e. The molecule has 1 aromatic carbocycles. The molecule has 0 spiro atoms. The Morgan fingerprint density at radius 2 is 1.88 bits per heavy atom. The number of anilines is 1. The van der Waals surface area contributed by atoms with Gasteiger partial charge in [0.2, 0.25) is 0 Å². The maximum absolute atomic E-state index is 13.4. The summed E-state index contributed by atoms with van der Waals surface area (Å²) in [6.45, 7) is 1.72. The van der Waals surface area contributed by atoms with Crippen molar-refractivity contribution < 1.29 is 13.6 Å². The van der Waals surface area contributed by atoms with Gasteiger partial charge in [-0.3, -0.25) is 9.48 Å². The Kier molecular flexibility index (Phi) is 4.07. The monoisotopic (exact) mass is 328 g/mol. The van der Waals surface area contributed by atoms with E-state index in [2.05, 4.69) is 15.4 Å². The number of amides is 1. The summed E-state index contributed by atoms with van der Waals surface area (Å²) in [7, 11) is 1.74. The quantitative estimate of drug-likeness (QED) is 0.802. The fourth-order valence-electron chi connectivity index (χ4n) is 2.29. The average molecular weight is 328 g/mol. The molecular weight excluding hydrogens is 314 g/mol. The van der Waals surface area contributed by atoms with Crippen LogP contribution in [0.1, 0.15) is 16.2 Å². The number of aryl methyl sites for hydroxylation is 2. The Bertz CT molecular complexity index is 921. The van der Waals surface area contributed by atoms with Crippen LogP contribution in [0.4, 0.5) is 14.6 Å². The van der Waals surface area contributed by atoms with Crippen molar-refractivity contribution in [2.45, 2.75) is 6.92 Å². The number of pyridine rings is 1. The highest BCUT2D eigenvalue weighted by atomic mass is 19.2. The zero-order valence-electron chi connectivity index (χ0n) is 13.0. The minimum atomic E-state index is -0.943. The van der Waals surface area contributed by atoms with E-state index in [1.54, 1.807) is 37.0 Å². The van der Waals surface area contributed by atoms with E-state index in [0.717, 1.165) is 12.1 Å². The van der Waals surface area contributed by atoms with E-state index in [9.17, 15) is 13.6 Å². The third kappa shape index (κ3) is 3.29. The van der Waals surface area contributed by atoms with Crippen molar-refractivity contribution in [3.05, 3.63) is 65.6 Å². The van der Waals surface area contributed by atoms with Crippen molar-refractivity contribution in [3.63, 3.8) is 0 Å². The minimum Gasteiger partial charge on any atom is -0.304 e. The highest BCUT2D eigenvalue weighted by Gasteiger charge is 2.13. The van der Waals surface area contributed by atoms with Crippen LogP contribution in [0.2, 0.25) is 0 Å². The molecule has 0 aliphatic carbocycles. The predicted molar refractivity (Wildman–Crippen MR) is 85.5 cm³/mol. The smallest absolute Gasteiger partial charge is 0.275 e. The molecule has 2 heterocycles. The lowest BCUT2D eigenvalue weighted by Gasteiger charge is -2.07. The van der Waals surface area contributed by atoms with E-state index in [1.165, 1.54) is 12.1 Å². The molecule has 0 radical (unpaired) electrons. The zero-order valence-corrected chi connectivity index (χ0v) is 13.0. The highest BCUT2D eigenvalue weighted by Crippen LogP contribution is 2.23. The van der Waals surface area contributed by atoms with Crippen molar-refractivity contribution in [3.8, 4) is 11.1 Å². The molecule has 122 valence electrons. The molecule has 7 heteroatoms. The van der Waals surface area contributed by atoms with Gasteiger partial charge in [0.15, 0.2) is 17.5 Å². The van der Waals surface area contributed by atoms with E-state index < -0.39 is 17.5 Å². The second-order valence-electron chi connectivity index (χ2n) is 5.34. The number of nitrogens with zero attached hydrogens (tertiary/aromatic N) is 3. The van der Waals surface area contributed by atoms with Crippen LogP contribution in [0.5, 0.6) is 0 Å². The molecule has 3 rings (SSSR count). The van der Waals surface area contributed by atoms with E-state index in [-0.39, 0.29) is 5.69 Å². The standard InChI is InChI=1S/C17H14F2N4O/c1-10-7-12(11-3-4-13(18)14(19)8-11)9-15(20-10)17(24)21-16-5-6-23(2)22-16/h3-9H,1-2H3,(H,21,22,24). The van der Waals surface area contributed by atoms with Crippen LogP contribution < -0.4 is 5.32 Å². The van der Waals surface area contributed by atoms with Gasteiger partial charge in [-0.1, -0.05) is 6.07 Å². The molecule has 0 saturated heterocycles. The summed E-state index contributed by atoms with van der Waals surface area (Å²) < 4.78 is 28.1. The van der Waals surface area contributed by atoms with Crippen LogP contribution in [0.3, 0.4) is 0 Å². The molecule has 0 aliphatic rings. The first kappa shape index (κ1) is 15.8. The fourth-order valence-corrected chi connectivity index (χ4v) is 2.29. The second-order valence-corrected chi connectivity index (χ2v) is 5.34. The first-order chi connectivity index (χ1) is 11.4. The van der Waals surface area contributed by atoms with Crippen LogP contribution in [0.15, 0.2) is 42.6 Å². The Morgan fingerprint density at radius 1 is 1.08 bits per heavy atom. The molecule has 24 heavy (non-hydrogen) atoms. The summed E-state index contributed by atoms with van der Waals surface area (Å²) in [5, 5.41) is 6.70. The third-order valence-electron chi connectivity index (χ3n) is 3.39. The molecule has 0 bridgehead atoms. The number of benzene rings is 1. The molecule has 0 saturated carbocycles. The number of carbonyl (C=O) groups is 1. The SMILES string of the molecule is Cc1cc(-c2ccc(F)c(F)c2)cc(C(=O)Nc2ccn(C)n2)n1. The van der Waals surface area contributed by atoms with Gasteiger partial charge in [-0.25, -0.2) is 13.8 Å². The number of rotatable bonds is 3. The van der Waals surface area contributed by atoms with Crippen LogP contribution in [0.25, 0.3) is 11.1 Å². The summed E-state index contributed by atoms with van der Waals surface area (Å²) in [4.78, 5) is 16.5. The maximum Gasteiger partial charge on any atom is 0.275 e. The molecular formula is C17H14F2N4O. The molecule has 0 atom stereocenters. The first-order valence-electron chi connectivity index (χ1n) is 7.17.